The SMILES string of the molecule is C[Si](C)(C)CCOCn1cc(-c2ccc(F)c(Cl)c2)cn1. The van der Waals surface area contributed by atoms with Crippen molar-refractivity contribution in [1.82, 2.24) is 9.78 Å². The number of benzene rings is 1. The van der Waals surface area contributed by atoms with Crippen molar-refractivity contribution in [2.45, 2.75) is 32.4 Å². The van der Waals surface area contributed by atoms with E-state index >= 15 is 0 Å². The van der Waals surface area contributed by atoms with E-state index in [-0.39, 0.29) is 5.02 Å². The van der Waals surface area contributed by atoms with Gasteiger partial charge in [-0.3, -0.25) is 0 Å². The number of hydrogen-bond donors (Lipinski definition) is 0. The number of hydrogen-bond acceptors (Lipinski definition) is 2. The second-order valence-electron chi connectivity index (χ2n) is 6.25. The number of rotatable bonds is 6. The fraction of sp³-hybridized carbons (Fsp3) is 0.400. The Kier molecular flexibility index (Phi) is 5.19. The van der Waals surface area contributed by atoms with E-state index in [1.165, 1.54) is 6.07 Å². The lowest BCUT2D eigenvalue weighted by Crippen LogP contribution is -2.22. The highest BCUT2D eigenvalue weighted by atomic mass is 35.5. The van der Waals surface area contributed by atoms with E-state index in [0.29, 0.717) is 6.73 Å². The summed E-state index contributed by atoms with van der Waals surface area (Å²) in [6, 6.07) is 5.78. The zero-order chi connectivity index (χ0) is 15.5. The lowest BCUT2D eigenvalue weighted by atomic mass is 10.1. The van der Waals surface area contributed by atoms with Crippen LogP contribution in [0.3, 0.4) is 0 Å². The van der Waals surface area contributed by atoms with Gasteiger partial charge in [0.2, 0.25) is 0 Å². The van der Waals surface area contributed by atoms with Crippen molar-refractivity contribution in [2.75, 3.05) is 6.61 Å². The van der Waals surface area contributed by atoms with Crippen molar-refractivity contribution in [3.8, 4) is 11.1 Å². The second kappa shape index (κ2) is 6.73. The van der Waals surface area contributed by atoms with E-state index in [2.05, 4.69) is 24.7 Å². The molecule has 1 aromatic carbocycles. The summed E-state index contributed by atoms with van der Waals surface area (Å²) in [5.74, 6) is -0.414. The van der Waals surface area contributed by atoms with Crippen molar-refractivity contribution in [1.29, 1.82) is 0 Å². The summed E-state index contributed by atoms with van der Waals surface area (Å²) in [7, 11) is -1.06. The molecular formula is C15H20ClFN2OSi. The minimum absolute atomic E-state index is 0.117. The van der Waals surface area contributed by atoms with Crippen LogP contribution in [0.15, 0.2) is 30.6 Å². The van der Waals surface area contributed by atoms with Gasteiger partial charge in [0.05, 0.1) is 11.2 Å². The first-order valence-electron chi connectivity index (χ1n) is 6.91. The van der Waals surface area contributed by atoms with Crippen molar-refractivity contribution >= 4 is 19.7 Å². The van der Waals surface area contributed by atoms with Crippen LogP contribution in [-0.2, 0) is 11.5 Å². The molecule has 114 valence electrons. The standard InChI is InChI=1S/C15H20ClFN2OSi/c1-21(2,3)7-6-20-11-19-10-13(9-18-19)12-4-5-15(17)14(16)8-12/h4-5,8-10H,6-7,11H2,1-3H3. The fourth-order valence-corrected chi connectivity index (χ4v) is 2.73. The summed E-state index contributed by atoms with van der Waals surface area (Å²) in [5, 5.41) is 4.36. The van der Waals surface area contributed by atoms with Crippen molar-refractivity contribution in [3.63, 3.8) is 0 Å². The fourth-order valence-electron chi connectivity index (χ4n) is 1.80. The van der Waals surface area contributed by atoms with Gasteiger partial charge in [0.15, 0.2) is 0 Å². The smallest absolute Gasteiger partial charge is 0.141 e. The summed E-state index contributed by atoms with van der Waals surface area (Å²) in [5.41, 5.74) is 1.74. The molecule has 0 atom stereocenters. The Morgan fingerprint density at radius 2 is 2.05 bits per heavy atom. The van der Waals surface area contributed by atoms with Crippen molar-refractivity contribution in [3.05, 3.63) is 41.4 Å². The summed E-state index contributed by atoms with van der Waals surface area (Å²) in [6.45, 7) is 8.15. The maximum absolute atomic E-state index is 13.2. The van der Waals surface area contributed by atoms with Crippen LogP contribution < -0.4 is 0 Å². The predicted molar refractivity (Wildman–Crippen MR) is 86.7 cm³/mol. The molecule has 0 N–H and O–H groups in total. The molecule has 0 saturated heterocycles. The van der Waals surface area contributed by atoms with Crippen molar-refractivity contribution in [2.24, 2.45) is 0 Å². The molecule has 0 unspecified atom stereocenters. The summed E-state index contributed by atoms with van der Waals surface area (Å²) < 4.78 is 20.5. The highest BCUT2D eigenvalue weighted by Gasteiger charge is 2.12. The molecule has 0 amide bonds. The number of nitrogens with zero attached hydrogens (tertiary/aromatic N) is 2. The Hall–Kier alpha value is -1.17. The van der Waals surface area contributed by atoms with Crippen LogP contribution in [0, 0.1) is 5.82 Å². The third-order valence-electron chi connectivity index (χ3n) is 3.11. The first-order chi connectivity index (χ1) is 9.85. The van der Waals surface area contributed by atoms with E-state index in [4.69, 9.17) is 16.3 Å². The maximum atomic E-state index is 13.2. The lowest BCUT2D eigenvalue weighted by Gasteiger charge is -2.15. The Balaban J connectivity index is 1.93. The zero-order valence-corrected chi connectivity index (χ0v) is 14.3. The van der Waals surface area contributed by atoms with E-state index in [9.17, 15) is 4.39 Å². The van der Waals surface area contributed by atoms with Gasteiger partial charge in [0, 0.05) is 26.4 Å². The van der Waals surface area contributed by atoms with Crippen LogP contribution in [-0.4, -0.2) is 24.5 Å². The van der Waals surface area contributed by atoms with Gasteiger partial charge in [-0.1, -0.05) is 37.3 Å². The second-order valence-corrected chi connectivity index (χ2v) is 12.3. The zero-order valence-electron chi connectivity index (χ0n) is 12.6. The molecular weight excluding hydrogens is 307 g/mol. The monoisotopic (exact) mass is 326 g/mol. The number of aromatic nitrogens is 2. The van der Waals surface area contributed by atoms with Gasteiger partial charge in [-0.2, -0.15) is 5.10 Å². The van der Waals surface area contributed by atoms with Gasteiger partial charge in [-0.25, -0.2) is 9.07 Å². The molecule has 0 bridgehead atoms. The Morgan fingerprint density at radius 3 is 2.71 bits per heavy atom. The molecule has 3 nitrogen and oxygen atoms in total. The average Bonchev–Trinajstić information content (AvgIpc) is 2.86. The Bertz CT molecular complexity index is 610. The van der Waals surface area contributed by atoms with Gasteiger partial charge in [-0.05, 0) is 23.7 Å². The first kappa shape index (κ1) is 16.2. The highest BCUT2D eigenvalue weighted by Crippen LogP contribution is 2.24. The highest BCUT2D eigenvalue weighted by molar-refractivity contribution is 6.76. The van der Waals surface area contributed by atoms with Gasteiger partial charge in [0.25, 0.3) is 0 Å². The van der Waals surface area contributed by atoms with Gasteiger partial charge < -0.3 is 4.74 Å². The minimum Gasteiger partial charge on any atom is -0.360 e. The molecule has 0 radical (unpaired) electrons. The summed E-state index contributed by atoms with van der Waals surface area (Å²) in [6.07, 6.45) is 3.60. The van der Waals surface area contributed by atoms with E-state index in [1.54, 1.807) is 23.0 Å². The van der Waals surface area contributed by atoms with Crippen LogP contribution in [0.25, 0.3) is 11.1 Å². The predicted octanol–water partition coefficient (Wildman–Crippen LogP) is 4.65. The van der Waals surface area contributed by atoms with Gasteiger partial charge in [-0.15, -0.1) is 0 Å². The average molecular weight is 327 g/mol. The molecule has 6 heteroatoms. The van der Waals surface area contributed by atoms with Crippen LogP contribution in [0.1, 0.15) is 0 Å². The van der Waals surface area contributed by atoms with Gasteiger partial charge in [0.1, 0.15) is 12.5 Å². The van der Waals surface area contributed by atoms with Crippen LogP contribution >= 0.6 is 11.6 Å². The van der Waals surface area contributed by atoms with Gasteiger partial charge >= 0.3 is 0 Å². The third-order valence-corrected chi connectivity index (χ3v) is 5.10. The quantitative estimate of drug-likeness (QED) is 0.570. The summed E-state index contributed by atoms with van der Waals surface area (Å²) in [4.78, 5) is 0. The maximum Gasteiger partial charge on any atom is 0.141 e. The van der Waals surface area contributed by atoms with Crippen LogP contribution in [0.2, 0.25) is 30.7 Å². The number of halogens is 2. The Labute approximate surface area is 130 Å². The minimum atomic E-state index is -1.06. The van der Waals surface area contributed by atoms with E-state index in [0.717, 1.165) is 23.8 Å². The van der Waals surface area contributed by atoms with E-state index < -0.39 is 13.9 Å². The molecule has 2 aromatic rings. The van der Waals surface area contributed by atoms with Crippen LogP contribution in [0.4, 0.5) is 4.39 Å². The topological polar surface area (TPSA) is 27.1 Å². The molecule has 21 heavy (non-hydrogen) atoms. The normalized spacial score (nSPS) is 11.9. The first-order valence-corrected chi connectivity index (χ1v) is 11.0. The van der Waals surface area contributed by atoms with Crippen LogP contribution in [0.5, 0.6) is 0 Å². The summed E-state index contributed by atoms with van der Waals surface area (Å²) >= 11 is 5.79. The third kappa shape index (κ3) is 4.95. The lowest BCUT2D eigenvalue weighted by molar-refractivity contribution is 0.0786. The van der Waals surface area contributed by atoms with E-state index in [1.807, 2.05) is 6.20 Å². The molecule has 1 aromatic heterocycles. The molecule has 0 aliphatic rings. The van der Waals surface area contributed by atoms with Crippen molar-refractivity contribution < 1.29 is 9.13 Å². The molecule has 0 saturated carbocycles. The molecule has 0 fully saturated rings. The molecule has 0 aliphatic heterocycles. The molecule has 2 rings (SSSR count). The Morgan fingerprint density at radius 1 is 1.29 bits per heavy atom. The molecule has 0 aliphatic carbocycles. The number of ether oxygens (including phenoxy) is 1. The largest absolute Gasteiger partial charge is 0.360 e. The molecule has 1 heterocycles. The molecule has 0 spiro atoms.